The number of carbonyl (C=O) groups excluding carboxylic acids is 2. The normalized spacial score (nSPS) is 19.6. The van der Waals surface area contributed by atoms with Crippen LogP contribution in [0.1, 0.15) is 29.8 Å². The third kappa shape index (κ3) is 4.92. The second-order valence-electron chi connectivity index (χ2n) is 6.71. The number of rotatable bonds is 5. The van der Waals surface area contributed by atoms with Crippen molar-refractivity contribution in [2.75, 3.05) is 19.7 Å². The van der Waals surface area contributed by atoms with E-state index in [4.69, 9.17) is 9.47 Å². The number of carbonyl (C=O) groups is 2. The molecule has 3 rings (SSSR count). The number of hydrogen-bond acceptors (Lipinski definition) is 4. The van der Waals surface area contributed by atoms with Crippen molar-refractivity contribution >= 4 is 11.7 Å². The highest BCUT2D eigenvalue weighted by Gasteiger charge is 2.26. The van der Waals surface area contributed by atoms with E-state index in [0.29, 0.717) is 30.0 Å². The molecule has 0 radical (unpaired) electrons. The lowest BCUT2D eigenvalue weighted by molar-refractivity contribution is -0.145. The summed E-state index contributed by atoms with van der Waals surface area (Å²) in [5, 5.41) is 0. The van der Waals surface area contributed by atoms with Crippen LogP contribution in [0.15, 0.2) is 48.5 Å². The van der Waals surface area contributed by atoms with E-state index in [1.807, 2.05) is 13.8 Å². The van der Waals surface area contributed by atoms with Crippen LogP contribution in [0.4, 0.5) is 4.39 Å². The lowest BCUT2D eigenvalue weighted by atomic mass is 10.0. The van der Waals surface area contributed by atoms with Gasteiger partial charge in [0, 0.05) is 24.2 Å². The van der Waals surface area contributed by atoms with Gasteiger partial charge in [0.25, 0.3) is 5.91 Å². The van der Waals surface area contributed by atoms with Crippen molar-refractivity contribution in [3.8, 4) is 5.75 Å². The first-order chi connectivity index (χ1) is 12.9. The number of amides is 1. The summed E-state index contributed by atoms with van der Waals surface area (Å²) < 4.78 is 24.1. The van der Waals surface area contributed by atoms with Crippen molar-refractivity contribution in [2.45, 2.75) is 26.1 Å². The summed E-state index contributed by atoms with van der Waals surface area (Å²) in [7, 11) is 0. The third-order valence-corrected chi connectivity index (χ3v) is 4.36. The van der Waals surface area contributed by atoms with Crippen LogP contribution in [-0.4, -0.2) is 48.5 Å². The van der Waals surface area contributed by atoms with Crippen LogP contribution in [0, 0.1) is 5.82 Å². The largest absolute Gasteiger partial charge is 0.484 e. The summed E-state index contributed by atoms with van der Waals surface area (Å²) in [6, 6.07) is 12.0. The summed E-state index contributed by atoms with van der Waals surface area (Å²) in [6.07, 6.45) is 0.0175. The molecule has 1 saturated heterocycles. The molecule has 5 nitrogen and oxygen atoms in total. The molecule has 1 aliphatic rings. The van der Waals surface area contributed by atoms with Crippen LogP contribution in [0.5, 0.6) is 5.75 Å². The Morgan fingerprint density at radius 3 is 2.07 bits per heavy atom. The lowest BCUT2D eigenvalue weighted by Gasteiger charge is -2.35. The average Bonchev–Trinajstić information content (AvgIpc) is 2.66. The Morgan fingerprint density at radius 1 is 1.00 bits per heavy atom. The quantitative estimate of drug-likeness (QED) is 0.758. The van der Waals surface area contributed by atoms with Crippen molar-refractivity contribution in [2.24, 2.45) is 0 Å². The first kappa shape index (κ1) is 19.0. The van der Waals surface area contributed by atoms with Crippen LogP contribution in [-0.2, 0) is 9.53 Å². The summed E-state index contributed by atoms with van der Waals surface area (Å²) in [6.45, 7) is 4.92. The molecule has 1 aliphatic heterocycles. The van der Waals surface area contributed by atoms with E-state index < -0.39 is 0 Å². The Labute approximate surface area is 157 Å². The van der Waals surface area contributed by atoms with E-state index in [2.05, 4.69) is 0 Å². The number of nitrogens with zero attached hydrogens (tertiary/aromatic N) is 1. The number of ketones is 1. The SMILES string of the molecule is CC1CN(C(=O)COc2ccc(C(=O)c3ccc(F)cc3)cc2)CC(C)O1. The molecule has 2 aromatic carbocycles. The van der Waals surface area contributed by atoms with Crippen LogP contribution in [0.2, 0.25) is 0 Å². The van der Waals surface area contributed by atoms with E-state index >= 15 is 0 Å². The molecule has 2 unspecified atom stereocenters. The number of halogens is 1. The van der Waals surface area contributed by atoms with Gasteiger partial charge < -0.3 is 14.4 Å². The average molecular weight is 371 g/mol. The molecule has 0 aliphatic carbocycles. The zero-order valence-corrected chi connectivity index (χ0v) is 15.4. The second kappa shape index (κ2) is 8.31. The van der Waals surface area contributed by atoms with Crippen molar-refractivity contribution in [1.82, 2.24) is 4.90 Å². The predicted molar refractivity (Wildman–Crippen MR) is 98.4 cm³/mol. The van der Waals surface area contributed by atoms with Gasteiger partial charge in [0.15, 0.2) is 12.4 Å². The summed E-state index contributed by atoms with van der Waals surface area (Å²) >= 11 is 0. The third-order valence-electron chi connectivity index (χ3n) is 4.36. The van der Waals surface area contributed by atoms with Gasteiger partial charge in [-0.1, -0.05) is 0 Å². The first-order valence-electron chi connectivity index (χ1n) is 8.88. The van der Waals surface area contributed by atoms with Gasteiger partial charge in [-0.2, -0.15) is 0 Å². The molecule has 2 aromatic rings. The molecule has 1 fully saturated rings. The smallest absolute Gasteiger partial charge is 0.260 e. The van der Waals surface area contributed by atoms with E-state index in [1.165, 1.54) is 24.3 Å². The summed E-state index contributed by atoms with van der Waals surface area (Å²) in [5.41, 5.74) is 0.881. The molecule has 142 valence electrons. The van der Waals surface area contributed by atoms with Crippen molar-refractivity contribution < 1.29 is 23.5 Å². The Morgan fingerprint density at radius 2 is 1.52 bits per heavy atom. The zero-order chi connectivity index (χ0) is 19.4. The minimum absolute atomic E-state index is 0.00876. The summed E-state index contributed by atoms with van der Waals surface area (Å²) in [5.74, 6) is -0.172. The Hall–Kier alpha value is -2.73. The van der Waals surface area contributed by atoms with Gasteiger partial charge in [0.1, 0.15) is 11.6 Å². The van der Waals surface area contributed by atoms with Crippen molar-refractivity contribution in [3.63, 3.8) is 0 Å². The van der Waals surface area contributed by atoms with Crippen LogP contribution in [0.25, 0.3) is 0 Å². The van der Waals surface area contributed by atoms with Crippen molar-refractivity contribution in [1.29, 1.82) is 0 Å². The van der Waals surface area contributed by atoms with Gasteiger partial charge in [0.2, 0.25) is 0 Å². The molecule has 0 saturated carbocycles. The Bertz CT molecular complexity index is 794. The van der Waals surface area contributed by atoms with Gasteiger partial charge in [-0.25, -0.2) is 4.39 Å². The highest BCUT2D eigenvalue weighted by molar-refractivity contribution is 6.09. The maximum Gasteiger partial charge on any atom is 0.260 e. The fourth-order valence-electron chi connectivity index (χ4n) is 3.09. The van der Waals surface area contributed by atoms with E-state index in [-0.39, 0.29) is 36.3 Å². The lowest BCUT2D eigenvalue weighted by Crippen LogP contribution is -2.49. The van der Waals surface area contributed by atoms with E-state index in [9.17, 15) is 14.0 Å². The molecule has 0 spiro atoms. The van der Waals surface area contributed by atoms with Gasteiger partial charge in [-0.15, -0.1) is 0 Å². The standard InChI is InChI=1S/C21H22FNO4/c1-14-11-23(12-15(2)27-14)20(24)13-26-19-9-5-17(6-10-19)21(25)16-3-7-18(22)8-4-16/h3-10,14-15H,11-13H2,1-2H3. The maximum atomic E-state index is 13.0. The van der Waals surface area contributed by atoms with Gasteiger partial charge in [0.05, 0.1) is 12.2 Å². The van der Waals surface area contributed by atoms with Gasteiger partial charge in [-0.3, -0.25) is 9.59 Å². The fraction of sp³-hybridized carbons (Fsp3) is 0.333. The number of hydrogen-bond donors (Lipinski definition) is 0. The van der Waals surface area contributed by atoms with Gasteiger partial charge in [-0.05, 0) is 62.4 Å². The van der Waals surface area contributed by atoms with Crippen molar-refractivity contribution in [3.05, 3.63) is 65.5 Å². The monoisotopic (exact) mass is 371 g/mol. The van der Waals surface area contributed by atoms with E-state index in [1.54, 1.807) is 29.2 Å². The highest BCUT2D eigenvalue weighted by Crippen LogP contribution is 2.17. The molecule has 2 atom stereocenters. The minimum Gasteiger partial charge on any atom is -0.484 e. The molecular weight excluding hydrogens is 349 g/mol. The van der Waals surface area contributed by atoms with Crippen LogP contribution < -0.4 is 4.74 Å². The molecule has 1 amide bonds. The second-order valence-corrected chi connectivity index (χ2v) is 6.71. The van der Waals surface area contributed by atoms with E-state index in [0.717, 1.165) is 0 Å². The van der Waals surface area contributed by atoms with Crippen LogP contribution >= 0.6 is 0 Å². The topological polar surface area (TPSA) is 55.8 Å². The van der Waals surface area contributed by atoms with Crippen LogP contribution in [0.3, 0.4) is 0 Å². The fourth-order valence-corrected chi connectivity index (χ4v) is 3.09. The Balaban J connectivity index is 1.57. The number of ether oxygens (including phenoxy) is 2. The molecular formula is C21H22FNO4. The zero-order valence-electron chi connectivity index (χ0n) is 15.4. The molecule has 6 heteroatoms. The number of morpholine rings is 1. The molecule has 1 heterocycles. The maximum absolute atomic E-state index is 13.0. The number of benzene rings is 2. The molecule has 0 N–H and O–H groups in total. The molecule has 0 aromatic heterocycles. The predicted octanol–water partition coefficient (Wildman–Crippen LogP) is 3.07. The molecule has 0 bridgehead atoms. The molecule has 27 heavy (non-hydrogen) atoms. The minimum atomic E-state index is -0.385. The first-order valence-corrected chi connectivity index (χ1v) is 8.88. The summed E-state index contributed by atoms with van der Waals surface area (Å²) in [4.78, 5) is 26.4. The Kier molecular flexibility index (Phi) is 5.86. The van der Waals surface area contributed by atoms with Gasteiger partial charge >= 0.3 is 0 Å². The highest BCUT2D eigenvalue weighted by atomic mass is 19.1.